The summed E-state index contributed by atoms with van der Waals surface area (Å²) in [7, 11) is 2.16. The summed E-state index contributed by atoms with van der Waals surface area (Å²) in [5.74, 6) is 0.00590. The standard InChI is InChI=1S/C17H27N3O/c1-3-18-16-11-7-6-10-15(16)17(21)19-12-13-20(2)14-8-4-5-9-14/h6-7,10-11,14,18H,3-5,8-9,12-13H2,1-2H3,(H,19,21). The number of nitrogens with one attached hydrogen (secondary N) is 2. The van der Waals surface area contributed by atoms with E-state index >= 15 is 0 Å². The van der Waals surface area contributed by atoms with Gasteiger partial charge in [0.1, 0.15) is 0 Å². The second-order valence-corrected chi connectivity index (χ2v) is 5.75. The average molecular weight is 289 g/mol. The normalized spacial score (nSPS) is 15.4. The fourth-order valence-electron chi connectivity index (χ4n) is 2.99. The number of anilines is 1. The maximum atomic E-state index is 12.3. The number of hydrogen-bond acceptors (Lipinski definition) is 3. The summed E-state index contributed by atoms with van der Waals surface area (Å²) in [6.45, 7) is 4.46. The lowest BCUT2D eigenvalue weighted by Gasteiger charge is -2.24. The minimum Gasteiger partial charge on any atom is -0.385 e. The molecule has 1 aromatic rings. The Hall–Kier alpha value is -1.55. The van der Waals surface area contributed by atoms with Gasteiger partial charge in [-0.15, -0.1) is 0 Å². The summed E-state index contributed by atoms with van der Waals surface area (Å²) in [6, 6.07) is 8.37. The van der Waals surface area contributed by atoms with Gasteiger partial charge in [-0.3, -0.25) is 4.79 Å². The van der Waals surface area contributed by atoms with E-state index in [0.29, 0.717) is 12.6 Å². The third-order valence-corrected chi connectivity index (χ3v) is 4.24. The first-order valence-electron chi connectivity index (χ1n) is 8.03. The molecule has 0 bridgehead atoms. The third kappa shape index (κ3) is 4.46. The molecule has 1 aliphatic rings. The molecule has 21 heavy (non-hydrogen) atoms. The Morgan fingerprint density at radius 3 is 2.71 bits per heavy atom. The smallest absolute Gasteiger partial charge is 0.253 e. The van der Waals surface area contributed by atoms with E-state index in [9.17, 15) is 4.79 Å². The molecule has 4 nitrogen and oxygen atoms in total. The lowest BCUT2D eigenvalue weighted by Crippen LogP contribution is -2.37. The summed E-state index contributed by atoms with van der Waals surface area (Å²) in [5.41, 5.74) is 1.63. The fraction of sp³-hybridized carbons (Fsp3) is 0.588. The van der Waals surface area contributed by atoms with Crippen molar-refractivity contribution in [2.45, 2.75) is 38.6 Å². The van der Waals surface area contributed by atoms with Gasteiger partial charge < -0.3 is 15.5 Å². The Morgan fingerprint density at radius 1 is 1.29 bits per heavy atom. The third-order valence-electron chi connectivity index (χ3n) is 4.24. The van der Waals surface area contributed by atoms with E-state index in [0.717, 1.165) is 24.3 Å². The second-order valence-electron chi connectivity index (χ2n) is 5.75. The van der Waals surface area contributed by atoms with Gasteiger partial charge in [0.15, 0.2) is 0 Å². The number of hydrogen-bond donors (Lipinski definition) is 2. The Morgan fingerprint density at radius 2 is 2.00 bits per heavy atom. The number of carbonyl (C=O) groups is 1. The van der Waals surface area contributed by atoms with E-state index in [2.05, 4.69) is 22.6 Å². The van der Waals surface area contributed by atoms with Gasteiger partial charge >= 0.3 is 0 Å². The molecule has 116 valence electrons. The molecule has 1 fully saturated rings. The van der Waals surface area contributed by atoms with Crippen LogP contribution in [0.2, 0.25) is 0 Å². The van der Waals surface area contributed by atoms with Crippen LogP contribution in [0.15, 0.2) is 24.3 Å². The molecule has 1 saturated carbocycles. The number of carbonyl (C=O) groups excluding carboxylic acids is 1. The molecule has 1 amide bonds. The summed E-state index contributed by atoms with van der Waals surface area (Å²) in [4.78, 5) is 14.7. The van der Waals surface area contributed by atoms with Crippen LogP contribution < -0.4 is 10.6 Å². The van der Waals surface area contributed by atoms with Crippen LogP contribution in [0.5, 0.6) is 0 Å². The Labute approximate surface area is 127 Å². The molecule has 0 spiro atoms. The monoisotopic (exact) mass is 289 g/mol. The van der Waals surface area contributed by atoms with Gasteiger partial charge in [-0.1, -0.05) is 25.0 Å². The molecule has 2 rings (SSSR count). The highest BCUT2D eigenvalue weighted by Crippen LogP contribution is 2.21. The van der Waals surface area contributed by atoms with Crippen molar-refractivity contribution in [3.05, 3.63) is 29.8 Å². The molecular weight excluding hydrogens is 262 g/mol. The van der Waals surface area contributed by atoms with Crippen LogP contribution >= 0.6 is 0 Å². The van der Waals surface area contributed by atoms with Crippen LogP contribution in [0.1, 0.15) is 43.0 Å². The molecule has 0 aliphatic heterocycles. The summed E-state index contributed by atoms with van der Waals surface area (Å²) in [5, 5.41) is 6.26. The minimum atomic E-state index is 0.00590. The fourth-order valence-corrected chi connectivity index (χ4v) is 2.99. The van der Waals surface area contributed by atoms with Crippen molar-refractivity contribution in [3.63, 3.8) is 0 Å². The largest absolute Gasteiger partial charge is 0.385 e. The molecule has 1 aliphatic carbocycles. The number of para-hydroxylation sites is 1. The van der Waals surface area contributed by atoms with Crippen molar-refractivity contribution in [1.82, 2.24) is 10.2 Å². The molecule has 0 aromatic heterocycles. The molecule has 0 radical (unpaired) electrons. The van der Waals surface area contributed by atoms with Crippen LogP contribution in [0.25, 0.3) is 0 Å². The highest BCUT2D eigenvalue weighted by Gasteiger charge is 2.19. The highest BCUT2D eigenvalue weighted by atomic mass is 16.1. The zero-order chi connectivity index (χ0) is 15.1. The average Bonchev–Trinajstić information content (AvgIpc) is 3.02. The van der Waals surface area contributed by atoms with Crippen molar-refractivity contribution in [2.24, 2.45) is 0 Å². The van der Waals surface area contributed by atoms with E-state index in [1.54, 1.807) is 0 Å². The van der Waals surface area contributed by atoms with Crippen molar-refractivity contribution in [1.29, 1.82) is 0 Å². The van der Waals surface area contributed by atoms with Gasteiger partial charge in [-0.05, 0) is 38.9 Å². The van der Waals surface area contributed by atoms with Crippen molar-refractivity contribution in [2.75, 3.05) is 32.0 Å². The van der Waals surface area contributed by atoms with Crippen LogP contribution in [0.4, 0.5) is 5.69 Å². The number of amides is 1. The van der Waals surface area contributed by atoms with Crippen LogP contribution in [0, 0.1) is 0 Å². The summed E-state index contributed by atoms with van der Waals surface area (Å²) >= 11 is 0. The van der Waals surface area contributed by atoms with Crippen molar-refractivity contribution < 1.29 is 4.79 Å². The van der Waals surface area contributed by atoms with E-state index < -0.39 is 0 Å². The quantitative estimate of drug-likeness (QED) is 0.811. The van der Waals surface area contributed by atoms with E-state index in [-0.39, 0.29) is 5.91 Å². The van der Waals surface area contributed by atoms with E-state index in [1.807, 2.05) is 31.2 Å². The number of nitrogens with zero attached hydrogens (tertiary/aromatic N) is 1. The SMILES string of the molecule is CCNc1ccccc1C(=O)NCCN(C)C1CCCC1. The van der Waals surface area contributed by atoms with E-state index in [1.165, 1.54) is 25.7 Å². The lowest BCUT2D eigenvalue weighted by molar-refractivity contribution is 0.0948. The molecule has 2 N–H and O–H groups in total. The van der Waals surface area contributed by atoms with E-state index in [4.69, 9.17) is 0 Å². The Kier molecular flexibility index (Phi) is 6.05. The molecule has 0 unspecified atom stereocenters. The maximum Gasteiger partial charge on any atom is 0.253 e. The van der Waals surface area contributed by atoms with Gasteiger partial charge in [-0.25, -0.2) is 0 Å². The minimum absolute atomic E-state index is 0.00590. The first-order chi connectivity index (χ1) is 10.2. The van der Waals surface area contributed by atoms with Gasteiger partial charge in [0.05, 0.1) is 5.56 Å². The van der Waals surface area contributed by atoms with Crippen molar-refractivity contribution in [3.8, 4) is 0 Å². The van der Waals surface area contributed by atoms with Crippen molar-refractivity contribution >= 4 is 11.6 Å². The Balaban J connectivity index is 1.81. The second kappa shape index (κ2) is 8.03. The number of likely N-dealkylation sites (N-methyl/N-ethyl adjacent to an activating group) is 1. The zero-order valence-corrected chi connectivity index (χ0v) is 13.2. The van der Waals surface area contributed by atoms with Gasteiger partial charge in [0.25, 0.3) is 5.91 Å². The van der Waals surface area contributed by atoms with Gasteiger partial charge in [-0.2, -0.15) is 0 Å². The molecule has 0 heterocycles. The molecule has 4 heteroatoms. The molecule has 0 atom stereocenters. The predicted octanol–water partition coefficient (Wildman–Crippen LogP) is 2.72. The zero-order valence-electron chi connectivity index (χ0n) is 13.2. The van der Waals surface area contributed by atoms with Gasteiger partial charge in [0, 0.05) is 31.4 Å². The number of rotatable bonds is 7. The number of benzene rings is 1. The first-order valence-corrected chi connectivity index (χ1v) is 8.03. The molecule has 1 aromatic carbocycles. The van der Waals surface area contributed by atoms with Gasteiger partial charge in [0.2, 0.25) is 0 Å². The predicted molar refractivity (Wildman–Crippen MR) is 87.8 cm³/mol. The van der Waals surface area contributed by atoms with Crippen LogP contribution in [-0.4, -0.2) is 43.5 Å². The first kappa shape index (κ1) is 15.8. The van der Waals surface area contributed by atoms with Crippen LogP contribution in [-0.2, 0) is 0 Å². The summed E-state index contributed by atoms with van der Waals surface area (Å²) in [6.07, 6.45) is 5.29. The highest BCUT2D eigenvalue weighted by molar-refractivity contribution is 5.99. The molecular formula is C17H27N3O. The summed E-state index contributed by atoms with van der Waals surface area (Å²) < 4.78 is 0. The maximum absolute atomic E-state index is 12.3. The topological polar surface area (TPSA) is 44.4 Å². The van der Waals surface area contributed by atoms with Crippen LogP contribution in [0.3, 0.4) is 0 Å². The molecule has 0 saturated heterocycles. The Bertz CT molecular complexity index is 455. The lowest BCUT2D eigenvalue weighted by atomic mass is 10.1.